The van der Waals surface area contributed by atoms with Gasteiger partial charge in [0.25, 0.3) is 11.8 Å². The van der Waals surface area contributed by atoms with Gasteiger partial charge in [-0.1, -0.05) is 58.4 Å². The molecule has 0 saturated carbocycles. The number of benzene rings is 3. The molecule has 42 heavy (non-hydrogen) atoms. The summed E-state index contributed by atoms with van der Waals surface area (Å²) in [6, 6.07) is 27.5. The van der Waals surface area contributed by atoms with Gasteiger partial charge in [0.05, 0.1) is 11.4 Å². The molecule has 210 valence electrons. The van der Waals surface area contributed by atoms with E-state index >= 15 is 0 Å². The van der Waals surface area contributed by atoms with Crippen LogP contribution in [0, 0.1) is 0 Å². The predicted octanol–water partition coefficient (Wildman–Crippen LogP) is 7.77. The van der Waals surface area contributed by atoms with Crippen molar-refractivity contribution in [3.8, 4) is 11.3 Å². The van der Waals surface area contributed by atoms with Crippen molar-refractivity contribution >= 4 is 85.0 Å². The summed E-state index contributed by atoms with van der Waals surface area (Å²) < 4.78 is 0.987. The Bertz CT molecular complexity index is 1720. The third kappa shape index (κ3) is 8.26. The topological polar surface area (TPSA) is 100 Å². The van der Waals surface area contributed by atoms with Crippen molar-refractivity contribution in [2.45, 2.75) is 4.90 Å². The second-order valence-corrected chi connectivity index (χ2v) is 12.6. The van der Waals surface area contributed by atoms with E-state index in [4.69, 9.17) is 0 Å². The minimum atomic E-state index is -0.460. The number of thiophene rings is 1. The molecule has 0 aliphatic rings. The largest absolute Gasteiger partial charge is 0.321 e. The van der Waals surface area contributed by atoms with Crippen LogP contribution < -0.4 is 16.0 Å². The second-order valence-electron chi connectivity index (χ2n) is 8.76. The quantitative estimate of drug-likeness (QED) is 0.104. The van der Waals surface area contributed by atoms with Gasteiger partial charge in [-0.25, -0.2) is 4.98 Å². The van der Waals surface area contributed by atoms with Gasteiger partial charge < -0.3 is 16.0 Å². The molecule has 3 N–H and O–H groups in total. The maximum Gasteiger partial charge on any atom is 0.272 e. The molecule has 0 saturated heterocycles. The van der Waals surface area contributed by atoms with E-state index in [1.165, 1.54) is 34.4 Å². The lowest BCUT2D eigenvalue weighted by molar-refractivity contribution is -0.114. The lowest BCUT2D eigenvalue weighted by Crippen LogP contribution is -2.30. The van der Waals surface area contributed by atoms with E-state index in [1.807, 2.05) is 59.3 Å². The van der Waals surface area contributed by atoms with Gasteiger partial charge >= 0.3 is 0 Å². The van der Waals surface area contributed by atoms with Crippen molar-refractivity contribution in [3.63, 3.8) is 0 Å². The van der Waals surface area contributed by atoms with E-state index in [1.54, 1.807) is 48.5 Å². The molecular weight excluding hydrogens is 652 g/mol. The highest BCUT2D eigenvalue weighted by atomic mass is 79.9. The highest BCUT2D eigenvalue weighted by Gasteiger charge is 2.16. The van der Waals surface area contributed by atoms with Gasteiger partial charge in [-0.2, -0.15) is 0 Å². The van der Waals surface area contributed by atoms with E-state index in [0.29, 0.717) is 16.4 Å². The van der Waals surface area contributed by atoms with Crippen molar-refractivity contribution in [2.75, 3.05) is 16.4 Å². The monoisotopic (exact) mass is 674 g/mol. The predicted molar refractivity (Wildman–Crippen MR) is 176 cm³/mol. The number of rotatable bonds is 10. The zero-order valence-electron chi connectivity index (χ0n) is 21.9. The maximum atomic E-state index is 13.2. The summed E-state index contributed by atoms with van der Waals surface area (Å²) in [5, 5.41) is 12.8. The first-order valence-electron chi connectivity index (χ1n) is 12.6. The standard InChI is InChI=1S/C31H23BrN4O3S3/c32-22-13-11-20(12-14-22)27-18-42-31(35-27)36-28(37)19-41-24-9-4-8-23(16-24)33-30(39)26(17-25-10-5-15-40-25)34-29(38)21-6-2-1-3-7-21/h1-18H,19H2,(H,33,39)(H,34,38)(H,35,36,37)/b26-17-. The first-order chi connectivity index (χ1) is 20.4. The Morgan fingerprint density at radius 1 is 0.881 bits per heavy atom. The number of halogens is 1. The molecule has 2 aromatic heterocycles. The van der Waals surface area contributed by atoms with Crippen LogP contribution in [0.2, 0.25) is 0 Å². The van der Waals surface area contributed by atoms with Gasteiger partial charge in [0.1, 0.15) is 5.70 Å². The molecule has 7 nitrogen and oxygen atoms in total. The minimum Gasteiger partial charge on any atom is -0.321 e. The van der Waals surface area contributed by atoms with Gasteiger partial charge in [0.15, 0.2) is 5.13 Å². The smallest absolute Gasteiger partial charge is 0.272 e. The van der Waals surface area contributed by atoms with Gasteiger partial charge in [0.2, 0.25) is 5.91 Å². The number of thioether (sulfide) groups is 1. The number of anilines is 2. The Labute approximate surface area is 263 Å². The second kappa shape index (κ2) is 14.2. The van der Waals surface area contributed by atoms with Crippen LogP contribution in [0.1, 0.15) is 15.2 Å². The summed E-state index contributed by atoms with van der Waals surface area (Å²) in [4.78, 5) is 44.8. The van der Waals surface area contributed by atoms with Crippen LogP contribution in [0.3, 0.4) is 0 Å². The van der Waals surface area contributed by atoms with Gasteiger partial charge in [0, 0.05) is 36.4 Å². The van der Waals surface area contributed by atoms with E-state index in [2.05, 4.69) is 36.9 Å². The number of aromatic nitrogens is 1. The Kier molecular flexibility index (Phi) is 9.98. The number of hydrogen-bond donors (Lipinski definition) is 3. The Morgan fingerprint density at radius 2 is 1.69 bits per heavy atom. The number of carbonyl (C=O) groups is 3. The molecule has 2 heterocycles. The van der Waals surface area contributed by atoms with E-state index < -0.39 is 5.91 Å². The molecule has 11 heteroatoms. The molecule has 3 aromatic carbocycles. The van der Waals surface area contributed by atoms with Crippen LogP contribution in [0.5, 0.6) is 0 Å². The van der Waals surface area contributed by atoms with Crippen molar-refractivity contribution in [1.82, 2.24) is 10.3 Å². The number of thiazole rings is 1. The normalized spacial score (nSPS) is 11.1. The third-order valence-corrected chi connectivity index (χ3v) is 8.81. The van der Waals surface area contributed by atoms with Crippen LogP contribution in [0.4, 0.5) is 10.8 Å². The molecule has 3 amide bonds. The maximum absolute atomic E-state index is 13.2. The lowest BCUT2D eigenvalue weighted by atomic mass is 10.2. The highest BCUT2D eigenvalue weighted by molar-refractivity contribution is 9.10. The fourth-order valence-corrected chi connectivity index (χ4v) is 6.12. The number of carbonyl (C=O) groups excluding carboxylic acids is 3. The Morgan fingerprint density at radius 3 is 2.45 bits per heavy atom. The van der Waals surface area contributed by atoms with Gasteiger partial charge in [-0.15, -0.1) is 34.4 Å². The number of amides is 3. The zero-order chi connectivity index (χ0) is 29.3. The van der Waals surface area contributed by atoms with Gasteiger partial charge in [-0.3, -0.25) is 14.4 Å². The number of hydrogen-bond acceptors (Lipinski definition) is 7. The molecule has 0 atom stereocenters. The fraction of sp³-hybridized carbons (Fsp3) is 0.0323. The lowest BCUT2D eigenvalue weighted by Gasteiger charge is -2.12. The first-order valence-corrected chi connectivity index (χ1v) is 16.1. The van der Waals surface area contributed by atoms with Crippen LogP contribution >= 0.6 is 50.4 Å². The summed E-state index contributed by atoms with van der Waals surface area (Å²) in [5.41, 5.74) is 2.87. The molecule has 5 rings (SSSR count). The van der Waals surface area contributed by atoms with E-state index in [-0.39, 0.29) is 23.3 Å². The van der Waals surface area contributed by atoms with Crippen LogP contribution in [0.15, 0.2) is 117 Å². The SMILES string of the molecule is O=C(CSc1cccc(NC(=O)/C(=C/c2cccs2)NC(=O)c2ccccc2)c1)Nc1nc(-c2ccc(Br)cc2)cs1. The van der Waals surface area contributed by atoms with Crippen molar-refractivity contribution in [3.05, 3.63) is 122 Å². The van der Waals surface area contributed by atoms with Crippen molar-refractivity contribution < 1.29 is 14.4 Å². The summed E-state index contributed by atoms with van der Waals surface area (Å²) in [6.45, 7) is 0. The van der Waals surface area contributed by atoms with Crippen LogP contribution in [-0.4, -0.2) is 28.5 Å². The molecule has 0 fully saturated rings. The van der Waals surface area contributed by atoms with Crippen LogP contribution in [-0.2, 0) is 9.59 Å². The molecule has 0 bridgehead atoms. The van der Waals surface area contributed by atoms with Gasteiger partial charge in [-0.05, 0) is 60.0 Å². The van der Waals surface area contributed by atoms with E-state index in [9.17, 15) is 14.4 Å². The van der Waals surface area contributed by atoms with Crippen molar-refractivity contribution in [2.24, 2.45) is 0 Å². The average Bonchev–Trinajstić information content (AvgIpc) is 3.69. The molecule has 0 aliphatic carbocycles. The number of nitrogens with zero attached hydrogens (tertiary/aromatic N) is 1. The summed E-state index contributed by atoms with van der Waals surface area (Å²) in [6.07, 6.45) is 1.64. The molecule has 0 aliphatic heterocycles. The van der Waals surface area contributed by atoms with Crippen molar-refractivity contribution in [1.29, 1.82) is 0 Å². The highest BCUT2D eigenvalue weighted by Crippen LogP contribution is 2.27. The average molecular weight is 676 g/mol. The Hall–Kier alpha value is -4.03. The van der Waals surface area contributed by atoms with E-state index in [0.717, 1.165) is 25.5 Å². The Balaban J connectivity index is 1.19. The third-order valence-electron chi connectivity index (χ3n) is 5.71. The zero-order valence-corrected chi connectivity index (χ0v) is 25.9. The summed E-state index contributed by atoms with van der Waals surface area (Å²) >= 11 is 7.59. The minimum absolute atomic E-state index is 0.120. The van der Waals surface area contributed by atoms with Crippen LogP contribution in [0.25, 0.3) is 17.3 Å². The summed E-state index contributed by atoms with van der Waals surface area (Å²) in [5.74, 6) is -0.858. The molecule has 5 aromatic rings. The molecular formula is C31H23BrN4O3S3. The molecule has 0 radical (unpaired) electrons. The number of nitrogens with one attached hydrogen (secondary N) is 3. The first kappa shape index (κ1) is 29.5. The fourth-order valence-electron chi connectivity index (χ4n) is 3.71. The molecule has 0 spiro atoms. The molecule has 0 unspecified atom stereocenters. The summed E-state index contributed by atoms with van der Waals surface area (Å²) in [7, 11) is 0.